The number of epoxide rings is 1. The van der Waals surface area contributed by atoms with Gasteiger partial charge >= 0.3 is 5.97 Å². The minimum absolute atomic E-state index is 0.204. The van der Waals surface area contributed by atoms with Crippen molar-refractivity contribution >= 4 is 5.97 Å². The van der Waals surface area contributed by atoms with Crippen LogP contribution in [0.5, 0.6) is 0 Å². The van der Waals surface area contributed by atoms with Crippen molar-refractivity contribution in [3.8, 4) is 0 Å². The first-order valence-corrected chi connectivity index (χ1v) is 3.91. The first kappa shape index (κ1) is 7.55. The number of carbonyl (C=O) groups is 1. The van der Waals surface area contributed by atoms with Crippen LogP contribution in [-0.2, 0) is 14.3 Å². The zero-order valence-electron chi connectivity index (χ0n) is 6.82. The quantitative estimate of drug-likeness (QED) is 0.450. The average Bonchev–Trinajstić information content (AvgIpc) is 2.82. The van der Waals surface area contributed by atoms with E-state index in [2.05, 4.69) is 4.74 Å². The van der Waals surface area contributed by atoms with E-state index in [4.69, 9.17) is 4.74 Å². The minimum atomic E-state index is -0.204. The highest BCUT2D eigenvalue weighted by atomic mass is 16.6. The van der Waals surface area contributed by atoms with Gasteiger partial charge in [0.15, 0.2) is 0 Å². The van der Waals surface area contributed by atoms with E-state index >= 15 is 0 Å². The Labute approximate surface area is 70.7 Å². The smallest absolute Gasteiger partial charge is 0.309 e. The molecule has 0 aromatic rings. The second-order valence-electron chi connectivity index (χ2n) is 2.92. The SMILES string of the molecule is COC(=O)CC1=CC2OC2C=C1. The molecule has 2 atom stereocenters. The third kappa shape index (κ3) is 1.41. The standard InChI is InChI=1S/C9H10O3/c1-11-9(10)5-6-2-3-7-8(4-6)12-7/h2-4,7-8H,5H2,1H3. The van der Waals surface area contributed by atoms with E-state index < -0.39 is 0 Å². The zero-order valence-corrected chi connectivity index (χ0v) is 6.82. The van der Waals surface area contributed by atoms with Gasteiger partial charge in [-0.3, -0.25) is 4.79 Å². The molecule has 1 heterocycles. The summed E-state index contributed by atoms with van der Waals surface area (Å²) in [6, 6.07) is 0. The molecule has 0 amide bonds. The summed E-state index contributed by atoms with van der Waals surface area (Å²) in [7, 11) is 1.39. The normalized spacial score (nSPS) is 30.6. The number of esters is 1. The summed E-state index contributed by atoms with van der Waals surface area (Å²) >= 11 is 0. The van der Waals surface area contributed by atoms with Crippen LogP contribution in [0.15, 0.2) is 23.8 Å². The molecule has 2 aliphatic rings. The monoisotopic (exact) mass is 166 g/mol. The van der Waals surface area contributed by atoms with Crippen LogP contribution in [0.25, 0.3) is 0 Å². The maximum absolute atomic E-state index is 10.9. The molecular weight excluding hydrogens is 156 g/mol. The fraction of sp³-hybridized carbons (Fsp3) is 0.444. The number of fused-ring (bicyclic) bond motifs is 1. The van der Waals surface area contributed by atoms with Gasteiger partial charge in [-0.2, -0.15) is 0 Å². The van der Waals surface area contributed by atoms with Crippen LogP contribution in [0.3, 0.4) is 0 Å². The molecule has 1 aliphatic carbocycles. The number of methoxy groups -OCH3 is 1. The van der Waals surface area contributed by atoms with Crippen molar-refractivity contribution in [3.63, 3.8) is 0 Å². The molecule has 0 spiro atoms. The van der Waals surface area contributed by atoms with Gasteiger partial charge in [0.2, 0.25) is 0 Å². The van der Waals surface area contributed by atoms with E-state index in [-0.39, 0.29) is 18.2 Å². The molecule has 1 saturated heterocycles. The van der Waals surface area contributed by atoms with E-state index in [0.29, 0.717) is 6.42 Å². The average molecular weight is 166 g/mol. The molecular formula is C9H10O3. The summed E-state index contributed by atoms with van der Waals surface area (Å²) in [5.41, 5.74) is 0.987. The second-order valence-corrected chi connectivity index (χ2v) is 2.92. The van der Waals surface area contributed by atoms with E-state index in [0.717, 1.165) is 5.57 Å². The Balaban J connectivity index is 1.96. The van der Waals surface area contributed by atoms with Gasteiger partial charge in [0, 0.05) is 0 Å². The number of allylic oxidation sites excluding steroid dienone is 1. The molecule has 2 rings (SSSR count). The van der Waals surface area contributed by atoms with E-state index in [1.165, 1.54) is 7.11 Å². The van der Waals surface area contributed by atoms with Gasteiger partial charge in [0.05, 0.1) is 13.5 Å². The Bertz CT molecular complexity index is 265. The van der Waals surface area contributed by atoms with E-state index in [1.54, 1.807) is 0 Å². The van der Waals surface area contributed by atoms with Gasteiger partial charge in [-0.1, -0.05) is 12.2 Å². The lowest BCUT2D eigenvalue weighted by atomic mass is 10.0. The predicted octanol–water partition coefficient (Wildman–Crippen LogP) is 0.813. The molecule has 0 saturated carbocycles. The molecule has 1 fully saturated rings. The van der Waals surface area contributed by atoms with Crippen LogP contribution < -0.4 is 0 Å². The molecule has 64 valence electrons. The Morgan fingerprint density at radius 1 is 1.67 bits per heavy atom. The van der Waals surface area contributed by atoms with Gasteiger partial charge in [0.1, 0.15) is 12.2 Å². The second kappa shape index (κ2) is 2.75. The van der Waals surface area contributed by atoms with Crippen LogP contribution in [0.4, 0.5) is 0 Å². The van der Waals surface area contributed by atoms with Gasteiger partial charge in [0.25, 0.3) is 0 Å². The summed E-state index contributed by atoms with van der Waals surface area (Å²) in [5.74, 6) is -0.204. The highest BCUT2D eigenvalue weighted by Crippen LogP contribution is 2.30. The van der Waals surface area contributed by atoms with Crippen LogP contribution in [0, 0.1) is 0 Å². The Kier molecular flexibility index (Phi) is 1.73. The topological polar surface area (TPSA) is 38.8 Å². The summed E-state index contributed by atoms with van der Waals surface area (Å²) in [6.07, 6.45) is 6.70. The first-order valence-electron chi connectivity index (χ1n) is 3.91. The van der Waals surface area contributed by atoms with Crippen molar-refractivity contribution < 1.29 is 14.3 Å². The lowest BCUT2D eigenvalue weighted by molar-refractivity contribution is -0.139. The molecule has 0 bridgehead atoms. The fourth-order valence-electron chi connectivity index (χ4n) is 1.27. The largest absolute Gasteiger partial charge is 0.469 e. The number of ether oxygens (including phenoxy) is 2. The first-order chi connectivity index (χ1) is 5.79. The third-order valence-corrected chi connectivity index (χ3v) is 2.02. The Morgan fingerprint density at radius 2 is 2.50 bits per heavy atom. The molecule has 2 unspecified atom stereocenters. The maximum Gasteiger partial charge on any atom is 0.309 e. The number of hydrogen-bond acceptors (Lipinski definition) is 3. The van der Waals surface area contributed by atoms with Crippen molar-refractivity contribution in [1.82, 2.24) is 0 Å². The van der Waals surface area contributed by atoms with Gasteiger partial charge in [-0.25, -0.2) is 0 Å². The van der Waals surface area contributed by atoms with E-state index in [1.807, 2.05) is 18.2 Å². The van der Waals surface area contributed by atoms with Crippen LogP contribution in [-0.4, -0.2) is 25.3 Å². The summed E-state index contributed by atoms with van der Waals surface area (Å²) in [5, 5.41) is 0. The molecule has 0 radical (unpaired) electrons. The van der Waals surface area contributed by atoms with Crippen molar-refractivity contribution in [2.24, 2.45) is 0 Å². The molecule has 12 heavy (non-hydrogen) atoms. The van der Waals surface area contributed by atoms with Crippen LogP contribution in [0.2, 0.25) is 0 Å². The lowest BCUT2D eigenvalue weighted by Gasteiger charge is -2.01. The number of carbonyl (C=O) groups excluding carboxylic acids is 1. The van der Waals surface area contributed by atoms with E-state index in [9.17, 15) is 4.79 Å². The molecule has 3 heteroatoms. The summed E-state index contributed by atoms with van der Waals surface area (Å²) < 4.78 is 9.76. The highest BCUT2D eigenvalue weighted by Gasteiger charge is 2.36. The Hall–Kier alpha value is -1.09. The minimum Gasteiger partial charge on any atom is -0.469 e. The predicted molar refractivity (Wildman–Crippen MR) is 42.5 cm³/mol. The van der Waals surface area contributed by atoms with Gasteiger partial charge in [-0.05, 0) is 11.6 Å². The van der Waals surface area contributed by atoms with Crippen LogP contribution in [0.1, 0.15) is 6.42 Å². The molecule has 0 aromatic heterocycles. The highest BCUT2D eigenvalue weighted by molar-refractivity contribution is 5.73. The molecule has 0 N–H and O–H groups in total. The van der Waals surface area contributed by atoms with Crippen molar-refractivity contribution in [3.05, 3.63) is 23.8 Å². The lowest BCUT2D eigenvalue weighted by Crippen LogP contribution is -2.03. The molecule has 1 aliphatic heterocycles. The van der Waals surface area contributed by atoms with Gasteiger partial charge < -0.3 is 9.47 Å². The van der Waals surface area contributed by atoms with Gasteiger partial charge in [-0.15, -0.1) is 0 Å². The number of rotatable bonds is 2. The summed E-state index contributed by atoms with van der Waals surface area (Å²) in [6.45, 7) is 0. The van der Waals surface area contributed by atoms with Crippen LogP contribution >= 0.6 is 0 Å². The van der Waals surface area contributed by atoms with Crippen molar-refractivity contribution in [2.45, 2.75) is 18.6 Å². The summed E-state index contributed by atoms with van der Waals surface area (Å²) in [4.78, 5) is 10.9. The fourth-order valence-corrected chi connectivity index (χ4v) is 1.27. The number of hydrogen-bond donors (Lipinski definition) is 0. The Morgan fingerprint density at radius 3 is 3.17 bits per heavy atom. The zero-order chi connectivity index (χ0) is 8.55. The van der Waals surface area contributed by atoms with Crippen molar-refractivity contribution in [2.75, 3.05) is 7.11 Å². The van der Waals surface area contributed by atoms with Crippen molar-refractivity contribution in [1.29, 1.82) is 0 Å². The maximum atomic E-state index is 10.9. The molecule has 3 nitrogen and oxygen atoms in total. The molecule has 0 aromatic carbocycles. The third-order valence-electron chi connectivity index (χ3n) is 2.02.